The molecule has 1 fully saturated rings. The van der Waals surface area contributed by atoms with Crippen molar-refractivity contribution in [3.05, 3.63) is 118 Å². The minimum atomic E-state index is -1.14. The van der Waals surface area contributed by atoms with Crippen LogP contribution >= 0.6 is 11.6 Å². The molecule has 2 heterocycles. The fraction of sp³-hybridized carbons (Fsp3) is 0.219. The molecule has 7 rings (SSSR count). The molecule has 0 unspecified atom stereocenters. The van der Waals surface area contributed by atoms with Crippen molar-refractivity contribution in [3.8, 4) is 11.5 Å². The van der Waals surface area contributed by atoms with Gasteiger partial charge in [0.2, 0.25) is 0 Å². The van der Waals surface area contributed by atoms with Crippen LogP contribution in [0.5, 0.6) is 11.5 Å². The van der Waals surface area contributed by atoms with Crippen LogP contribution in [-0.4, -0.2) is 5.97 Å². The summed E-state index contributed by atoms with van der Waals surface area (Å²) >= 11 is 6.71. The first-order valence-corrected chi connectivity index (χ1v) is 13.3. The normalized spacial score (nSPS) is 17.4. The zero-order valence-electron chi connectivity index (χ0n) is 20.3. The van der Waals surface area contributed by atoms with Gasteiger partial charge < -0.3 is 14.8 Å². The highest BCUT2D eigenvalue weighted by Gasteiger charge is 2.54. The summed E-state index contributed by atoms with van der Waals surface area (Å²) in [5, 5.41) is 4.04. The van der Waals surface area contributed by atoms with E-state index in [1.54, 1.807) is 0 Å². The van der Waals surface area contributed by atoms with E-state index in [-0.39, 0.29) is 5.97 Å². The highest BCUT2D eigenvalue weighted by atomic mass is 35.5. The molecule has 37 heavy (non-hydrogen) atoms. The topological polar surface area (TPSA) is 47.6 Å². The molecule has 4 aromatic carbocycles. The van der Waals surface area contributed by atoms with Gasteiger partial charge in [-0.15, -0.1) is 0 Å². The number of carbonyl (C=O) groups is 1. The summed E-state index contributed by atoms with van der Waals surface area (Å²) < 4.78 is 12.5. The molecule has 4 nitrogen and oxygen atoms in total. The summed E-state index contributed by atoms with van der Waals surface area (Å²) in [6.45, 7) is 0. The second kappa shape index (κ2) is 8.67. The number of rotatable bonds is 3. The van der Waals surface area contributed by atoms with Crippen LogP contribution in [-0.2, 0) is 10.3 Å². The number of fused-ring (bicyclic) bond motifs is 6. The monoisotopic (exact) mass is 507 g/mol. The third-order valence-electron chi connectivity index (χ3n) is 7.93. The fourth-order valence-corrected chi connectivity index (χ4v) is 6.48. The van der Waals surface area contributed by atoms with E-state index in [0.717, 1.165) is 22.4 Å². The molecule has 1 saturated carbocycles. The Morgan fingerprint density at radius 1 is 0.784 bits per heavy atom. The number of benzene rings is 4. The lowest BCUT2D eigenvalue weighted by Gasteiger charge is -2.36. The summed E-state index contributed by atoms with van der Waals surface area (Å²) in [6, 6.07) is 27.6. The summed E-state index contributed by atoms with van der Waals surface area (Å²) in [5.74, 6) is 1.53. The van der Waals surface area contributed by atoms with Crippen molar-refractivity contribution in [2.45, 2.75) is 43.6 Å². The zero-order chi connectivity index (χ0) is 25.0. The Hall–Kier alpha value is -3.76. The first kappa shape index (κ1) is 22.4. The average Bonchev–Trinajstić information content (AvgIpc) is 3.22. The molecular formula is C32H26ClNO3. The number of nitrogens with one attached hydrogen (secondary N) is 1. The average molecular weight is 508 g/mol. The van der Waals surface area contributed by atoms with Gasteiger partial charge in [0.25, 0.3) is 0 Å². The predicted octanol–water partition coefficient (Wildman–Crippen LogP) is 8.70. The van der Waals surface area contributed by atoms with E-state index in [1.165, 1.54) is 37.7 Å². The number of esters is 1. The molecule has 0 atom stereocenters. The van der Waals surface area contributed by atoms with Crippen LogP contribution in [0.4, 0.5) is 11.4 Å². The van der Waals surface area contributed by atoms with Gasteiger partial charge in [0.1, 0.15) is 11.5 Å². The molecule has 2 aliphatic heterocycles. The van der Waals surface area contributed by atoms with Crippen LogP contribution in [0.15, 0.2) is 84.9 Å². The Kier molecular flexibility index (Phi) is 5.26. The number of hydrogen-bond acceptors (Lipinski definition) is 4. The van der Waals surface area contributed by atoms with E-state index in [2.05, 4.69) is 23.5 Å². The maximum absolute atomic E-state index is 13.6. The Morgan fingerprint density at radius 3 is 2.22 bits per heavy atom. The van der Waals surface area contributed by atoms with Gasteiger partial charge >= 0.3 is 5.97 Å². The quantitative estimate of drug-likeness (QED) is 0.282. The maximum atomic E-state index is 13.6. The molecule has 1 aliphatic carbocycles. The number of anilines is 2. The lowest BCUT2D eigenvalue weighted by atomic mass is 9.77. The molecule has 0 bridgehead atoms. The molecule has 0 aromatic heterocycles. The Labute approximate surface area is 221 Å². The first-order chi connectivity index (χ1) is 18.1. The minimum Gasteiger partial charge on any atom is -0.456 e. The lowest BCUT2D eigenvalue weighted by molar-refractivity contribution is 0.0225. The number of halogens is 1. The van der Waals surface area contributed by atoms with Gasteiger partial charge in [0, 0.05) is 27.4 Å². The molecule has 0 saturated heterocycles. The molecule has 1 N–H and O–H groups in total. The summed E-state index contributed by atoms with van der Waals surface area (Å²) in [4.78, 5) is 13.6. The minimum absolute atomic E-state index is 0.385. The molecule has 3 aliphatic rings. The van der Waals surface area contributed by atoms with Crippen molar-refractivity contribution in [2.75, 3.05) is 5.32 Å². The summed E-state index contributed by atoms with van der Waals surface area (Å²) in [6.07, 6.45) is 6.34. The van der Waals surface area contributed by atoms with Crippen molar-refractivity contribution in [2.24, 2.45) is 0 Å². The number of hydrogen-bond donors (Lipinski definition) is 1. The van der Waals surface area contributed by atoms with Crippen LogP contribution in [0.25, 0.3) is 0 Å². The van der Waals surface area contributed by atoms with E-state index in [4.69, 9.17) is 21.1 Å². The molecule has 4 aromatic rings. The Balaban J connectivity index is 1.37. The van der Waals surface area contributed by atoms with Gasteiger partial charge in [-0.3, -0.25) is 0 Å². The third-order valence-corrected chi connectivity index (χ3v) is 8.15. The van der Waals surface area contributed by atoms with E-state index in [9.17, 15) is 4.79 Å². The fourth-order valence-electron chi connectivity index (χ4n) is 6.27. The third kappa shape index (κ3) is 3.54. The highest BCUT2D eigenvalue weighted by molar-refractivity contribution is 6.31. The van der Waals surface area contributed by atoms with E-state index >= 15 is 0 Å². The largest absolute Gasteiger partial charge is 0.456 e. The summed E-state index contributed by atoms with van der Waals surface area (Å²) in [7, 11) is 0. The lowest BCUT2D eigenvalue weighted by Crippen LogP contribution is -2.32. The second-order valence-electron chi connectivity index (χ2n) is 10.1. The molecule has 0 amide bonds. The summed E-state index contributed by atoms with van der Waals surface area (Å²) in [5.41, 5.74) is 4.58. The first-order valence-electron chi connectivity index (χ1n) is 12.9. The zero-order valence-corrected chi connectivity index (χ0v) is 21.1. The van der Waals surface area contributed by atoms with Crippen LogP contribution in [0, 0.1) is 0 Å². The van der Waals surface area contributed by atoms with Gasteiger partial charge in [0.05, 0.1) is 11.3 Å². The molecular weight excluding hydrogens is 482 g/mol. The second-order valence-corrected chi connectivity index (χ2v) is 10.6. The van der Waals surface area contributed by atoms with Crippen molar-refractivity contribution in [1.82, 2.24) is 0 Å². The van der Waals surface area contributed by atoms with Gasteiger partial charge in [-0.1, -0.05) is 79.4 Å². The number of carbonyl (C=O) groups excluding carboxylic acids is 1. The Bertz CT molecular complexity index is 1490. The number of para-hydroxylation sites is 2. The molecule has 5 heteroatoms. The van der Waals surface area contributed by atoms with Gasteiger partial charge in [-0.25, -0.2) is 4.79 Å². The van der Waals surface area contributed by atoms with Crippen LogP contribution in [0.1, 0.15) is 70.6 Å². The number of ether oxygens (including phenoxy) is 2. The van der Waals surface area contributed by atoms with Crippen molar-refractivity contribution in [3.63, 3.8) is 0 Å². The van der Waals surface area contributed by atoms with Gasteiger partial charge in [-0.05, 0) is 60.7 Å². The molecule has 184 valence electrons. The van der Waals surface area contributed by atoms with Crippen LogP contribution < -0.4 is 10.1 Å². The van der Waals surface area contributed by atoms with Crippen LogP contribution in [0.2, 0.25) is 5.02 Å². The Morgan fingerprint density at radius 2 is 1.49 bits per heavy atom. The smallest absolute Gasteiger partial charge is 0.342 e. The maximum Gasteiger partial charge on any atom is 0.342 e. The van der Waals surface area contributed by atoms with E-state index in [0.29, 0.717) is 33.7 Å². The van der Waals surface area contributed by atoms with Crippen molar-refractivity contribution in [1.29, 1.82) is 0 Å². The van der Waals surface area contributed by atoms with Crippen LogP contribution in [0.3, 0.4) is 0 Å². The van der Waals surface area contributed by atoms with Crippen molar-refractivity contribution >= 4 is 28.9 Å². The van der Waals surface area contributed by atoms with Gasteiger partial charge in [0.15, 0.2) is 5.60 Å². The molecule has 0 radical (unpaired) electrons. The predicted molar refractivity (Wildman–Crippen MR) is 145 cm³/mol. The molecule has 1 spiro atoms. The van der Waals surface area contributed by atoms with E-state index in [1.807, 2.05) is 66.7 Å². The SMILES string of the molecule is O=C1OC2(c3ccccc3Oc3ccccc32)c2cc(Cl)cc(Nc3cccc(C4CCCCC4)c3)c21. The highest BCUT2D eigenvalue weighted by Crippen LogP contribution is 2.57. The van der Waals surface area contributed by atoms with Crippen molar-refractivity contribution < 1.29 is 14.3 Å². The standard InChI is InChI=1S/C32H26ClNO3/c33-22-18-26-30(27(19-22)34-23-12-8-11-21(17-23)20-9-2-1-3-10-20)31(35)37-32(26)24-13-4-6-15-28(24)36-29-16-7-5-14-25(29)32/h4-8,11-20,34H,1-3,9-10H2. The van der Waals surface area contributed by atoms with Gasteiger partial charge in [-0.2, -0.15) is 0 Å². The van der Waals surface area contributed by atoms with E-state index < -0.39 is 5.60 Å².